The molecule has 0 radical (unpaired) electrons. The minimum Gasteiger partial charge on any atom is -0.347 e. The van der Waals surface area contributed by atoms with Gasteiger partial charge in [0.25, 0.3) is 5.96 Å². The van der Waals surface area contributed by atoms with Crippen LogP contribution in [0.15, 0.2) is 35.7 Å². The zero-order valence-corrected chi connectivity index (χ0v) is 9.91. The molecule has 1 aromatic heterocycles. The summed E-state index contributed by atoms with van der Waals surface area (Å²) in [6.45, 7) is 2.94. The molecule has 94 valence electrons. The monoisotopic (exact) mass is 247 g/mol. The third-order valence-electron chi connectivity index (χ3n) is 2.44. The zero-order valence-electron chi connectivity index (χ0n) is 9.91. The van der Waals surface area contributed by atoms with Gasteiger partial charge in [-0.2, -0.15) is 0 Å². The van der Waals surface area contributed by atoms with Crippen molar-refractivity contribution in [2.45, 2.75) is 13.5 Å². The first-order valence-electron chi connectivity index (χ1n) is 5.47. The SMILES string of the molecule is Cc1ccc(CN2C=CCNC2=N[N+](=O)[O-])cn1. The maximum atomic E-state index is 10.4. The lowest BCUT2D eigenvalue weighted by atomic mass is 10.2. The molecule has 0 aliphatic carbocycles. The summed E-state index contributed by atoms with van der Waals surface area (Å²) in [5, 5.41) is 15.9. The highest BCUT2D eigenvalue weighted by Gasteiger charge is 2.16. The number of hydrogen-bond acceptors (Lipinski definition) is 3. The zero-order chi connectivity index (χ0) is 13.0. The number of pyridine rings is 1. The Morgan fingerprint density at radius 1 is 1.61 bits per heavy atom. The minimum atomic E-state index is -0.706. The van der Waals surface area contributed by atoms with Crippen molar-refractivity contribution in [1.29, 1.82) is 0 Å². The first-order chi connectivity index (χ1) is 8.65. The molecule has 0 unspecified atom stereocenters. The van der Waals surface area contributed by atoms with E-state index in [2.05, 4.69) is 15.4 Å². The van der Waals surface area contributed by atoms with Crippen molar-refractivity contribution < 1.29 is 5.03 Å². The fraction of sp³-hybridized carbons (Fsp3) is 0.273. The molecule has 1 aliphatic heterocycles. The van der Waals surface area contributed by atoms with Gasteiger partial charge in [-0.15, -0.1) is 0 Å². The molecule has 0 fully saturated rings. The van der Waals surface area contributed by atoms with E-state index in [4.69, 9.17) is 0 Å². The number of nitro groups is 1. The third-order valence-corrected chi connectivity index (χ3v) is 2.44. The summed E-state index contributed by atoms with van der Waals surface area (Å²) >= 11 is 0. The molecule has 2 rings (SSSR count). The second-order valence-corrected chi connectivity index (χ2v) is 3.86. The van der Waals surface area contributed by atoms with Crippen molar-refractivity contribution in [3.63, 3.8) is 0 Å². The lowest BCUT2D eigenvalue weighted by molar-refractivity contribution is -0.485. The Morgan fingerprint density at radius 2 is 2.44 bits per heavy atom. The molecule has 0 saturated heterocycles. The van der Waals surface area contributed by atoms with Gasteiger partial charge in [-0.1, -0.05) is 6.07 Å². The van der Waals surface area contributed by atoms with E-state index in [1.54, 1.807) is 17.3 Å². The van der Waals surface area contributed by atoms with Crippen LogP contribution in [-0.2, 0) is 6.54 Å². The van der Waals surface area contributed by atoms with Crippen molar-refractivity contribution in [3.05, 3.63) is 52.0 Å². The molecule has 0 amide bonds. The molecule has 18 heavy (non-hydrogen) atoms. The van der Waals surface area contributed by atoms with E-state index in [0.717, 1.165) is 11.3 Å². The molecule has 0 saturated carbocycles. The predicted octanol–water partition coefficient (Wildman–Crippen LogP) is 0.857. The number of aryl methyl sites for hydroxylation is 1. The van der Waals surface area contributed by atoms with Gasteiger partial charge in [0.15, 0.2) is 5.03 Å². The number of nitrogens with zero attached hydrogens (tertiary/aromatic N) is 4. The molecule has 0 bridgehead atoms. The van der Waals surface area contributed by atoms with Crippen molar-refractivity contribution in [2.75, 3.05) is 6.54 Å². The fourth-order valence-electron chi connectivity index (χ4n) is 1.59. The van der Waals surface area contributed by atoms with Crippen LogP contribution in [-0.4, -0.2) is 27.4 Å². The van der Waals surface area contributed by atoms with E-state index in [-0.39, 0.29) is 5.96 Å². The molecule has 1 N–H and O–H groups in total. The summed E-state index contributed by atoms with van der Waals surface area (Å²) in [6.07, 6.45) is 5.40. The average molecular weight is 247 g/mol. The first-order valence-corrected chi connectivity index (χ1v) is 5.47. The Labute approximate surface area is 104 Å². The molecule has 7 heteroatoms. The summed E-state index contributed by atoms with van der Waals surface area (Å²) in [6, 6.07) is 3.84. The van der Waals surface area contributed by atoms with E-state index in [0.29, 0.717) is 13.1 Å². The van der Waals surface area contributed by atoms with E-state index >= 15 is 0 Å². The summed E-state index contributed by atoms with van der Waals surface area (Å²) in [5.41, 5.74) is 1.90. The Morgan fingerprint density at radius 3 is 3.11 bits per heavy atom. The molecule has 1 aromatic rings. The number of hydrogen-bond donors (Lipinski definition) is 1. The van der Waals surface area contributed by atoms with Crippen LogP contribution in [0.4, 0.5) is 0 Å². The number of rotatable bonds is 3. The second-order valence-electron chi connectivity index (χ2n) is 3.86. The number of hydrazone groups is 1. The van der Waals surface area contributed by atoms with Gasteiger partial charge in [-0.05, 0) is 24.6 Å². The molecule has 7 nitrogen and oxygen atoms in total. The number of nitrogens with one attached hydrogen (secondary N) is 1. The third kappa shape index (κ3) is 3.03. The van der Waals surface area contributed by atoms with E-state index in [1.807, 2.05) is 25.1 Å². The first kappa shape index (κ1) is 12.0. The Hall–Kier alpha value is -2.44. The van der Waals surface area contributed by atoms with Crippen LogP contribution in [0.3, 0.4) is 0 Å². The molecule has 0 aromatic carbocycles. The van der Waals surface area contributed by atoms with Gasteiger partial charge in [0.05, 0.1) is 6.54 Å². The quantitative estimate of drug-likeness (QED) is 0.632. The maximum absolute atomic E-state index is 10.4. The molecule has 0 spiro atoms. The van der Waals surface area contributed by atoms with Crippen molar-refractivity contribution in [3.8, 4) is 0 Å². The number of aromatic nitrogens is 1. The van der Waals surface area contributed by atoms with Gasteiger partial charge < -0.3 is 10.2 Å². The maximum Gasteiger partial charge on any atom is 0.275 e. The highest BCUT2D eigenvalue weighted by Crippen LogP contribution is 2.07. The van der Waals surface area contributed by atoms with Crippen LogP contribution in [0.2, 0.25) is 0 Å². The Bertz CT molecular complexity index is 495. The van der Waals surface area contributed by atoms with E-state index < -0.39 is 5.03 Å². The van der Waals surface area contributed by atoms with Crippen LogP contribution in [0.5, 0.6) is 0 Å². The summed E-state index contributed by atoms with van der Waals surface area (Å²) in [5.74, 6) is 0.239. The highest BCUT2D eigenvalue weighted by atomic mass is 16.7. The van der Waals surface area contributed by atoms with Crippen molar-refractivity contribution >= 4 is 5.96 Å². The normalized spacial score (nSPS) is 16.7. The van der Waals surface area contributed by atoms with Gasteiger partial charge in [-0.25, -0.2) is 10.1 Å². The van der Waals surface area contributed by atoms with Crippen LogP contribution in [0, 0.1) is 17.0 Å². The minimum absolute atomic E-state index is 0.239. The largest absolute Gasteiger partial charge is 0.347 e. The standard InChI is InChI=1S/C11H13N5O2/c1-9-3-4-10(7-13-9)8-15-6-2-5-12-11(15)14-16(17)18/h2-4,6-7H,5,8H2,1H3,(H,12,14). The van der Waals surface area contributed by atoms with Crippen LogP contribution in [0.1, 0.15) is 11.3 Å². The lowest BCUT2D eigenvalue weighted by Crippen LogP contribution is -2.41. The van der Waals surface area contributed by atoms with E-state index in [9.17, 15) is 10.1 Å². The molecule has 1 aliphatic rings. The predicted molar refractivity (Wildman–Crippen MR) is 66.1 cm³/mol. The van der Waals surface area contributed by atoms with Crippen LogP contribution < -0.4 is 5.32 Å². The van der Waals surface area contributed by atoms with Crippen molar-refractivity contribution in [2.24, 2.45) is 5.10 Å². The van der Waals surface area contributed by atoms with Crippen molar-refractivity contribution in [1.82, 2.24) is 15.2 Å². The summed E-state index contributed by atoms with van der Waals surface area (Å²) < 4.78 is 0. The topological polar surface area (TPSA) is 83.7 Å². The molecule has 0 atom stereocenters. The van der Waals surface area contributed by atoms with Gasteiger partial charge >= 0.3 is 0 Å². The van der Waals surface area contributed by atoms with Gasteiger partial charge in [-0.3, -0.25) is 4.98 Å². The molecular weight excluding hydrogens is 234 g/mol. The highest BCUT2D eigenvalue weighted by molar-refractivity contribution is 5.81. The Balaban J connectivity index is 2.15. The Kier molecular flexibility index (Phi) is 3.52. The number of guanidine groups is 1. The second kappa shape index (κ2) is 5.26. The lowest BCUT2D eigenvalue weighted by Gasteiger charge is -2.23. The van der Waals surface area contributed by atoms with Crippen LogP contribution in [0.25, 0.3) is 0 Å². The summed E-state index contributed by atoms with van der Waals surface area (Å²) in [4.78, 5) is 16.3. The van der Waals surface area contributed by atoms with E-state index in [1.165, 1.54) is 0 Å². The van der Waals surface area contributed by atoms with Gasteiger partial charge in [0.2, 0.25) is 0 Å². The van der Waals surface area contributed by atoms with Gasteiger partial charge in [0, 0.05) is 24.6 Å². The summed E-state index contributed by atoms with van der Waals surface area (Å²) in [7, 11) is 0. The fourth-order valence-corrected chi connectivity index (χ4v) is 1.59. The molecule has 2 heterocycles. The van der Waals surface area contributed by atoms with Crippen LogP contribution >= 0.6 is 0 Å². The molecular formula is C11H13N5O2. The average Bonchev–Trinajstić information content (AvgIpc) is 2.34. The van der Waals surface area contributed by atoms with Gasteiger partial charge in [0.1, 0.15) is 5.10 Å². The smallest absolute Gasteiger partial charge is 0.275 e.